The van der Waals surface area contributed by atoms with Crippen molar-refractivity contribution in [3.05, 3.63) is 89.5 Å². The third kappa shape index (κ3) is 5.08. The number of carbonyl (C=O) groups excluding carboxylic acids is 1. The number of nitrogens with one attached hydrogen (secondary N) is 1. The van der Waals surface area contributed by atoms with Gasteiger partial charge in [-0.25, -0.2) is 0 Å². The first kappa shape index (κ1) is 20.3. The topological polar surface area (TPSA) is 56.8 Å². The van der Waals surface area contributed by atoms with Crippen LogP contribution in [0.15, 0.2) is 72.8 Å². The summed E-state index contributed by atoms with van der Waals surface area (Å²) in [6, 6.07) is 22.3. The molecule has 0 spiro atoms. The molecule has 0 saturated carbocycles. The lowest BCUT2D eigenvalue weighted by Gasteiger charge is -2.19. The lowest BCUT2D eigenvalue weighted by molar-refractivity contribution is 0.0937. The largest absolute Gasteiger partial charge is 0.497 e. The van der Waals surface area contributed by atoms with Gasteiger partial charge in [0.2, 0.25) is 0 Å². The van der Waals surface area contributed by atoms with Crippen LogP contribution in [0.1, 0.15) is 34.5 Å². The fourth-order valence-corrected chi connectivity index (χ4v) is 3.07. The molecule has 0 radical (unpaired) electrons. The predicted molar refractivity (Wildman–Crippen MR) is 113 cm³/mol. The highest BCUT2D eigenvalue weighted by Crippen LogP contribution is 2.29. The lowest BCUT2D eigenvalue weighted by Crippen LogP contribution is -2.28. The van der Waals surface area contributed by atoms with Crippen molar-refractivity contribution in [1.29, 1.82) is 0 Å². The molecule has 0 aromatic heterocycles. The molecule has 0 bridgehead atoms. The Balaban J connectivity index is 1.74. The molecule has 0 saturated heterocycles. The van der Waals surface area contributed by atoms with Crippen molar-refractivity contribution in [2.45, 2.75) is 19.6 Å². The van der Waals surface area contributed by atoms with Crippen LogP contribution in [0.25, 0.3) is 0 Å². The number of ether oxygens (including phenoxy) is 3. The summed E-state index contributed by atoms with van der Waals surface area (Å²) in [5, 5.41) is 3.05. The molecule has 0 aliphatic carbocycles. The monoisotopic (exact) mass is 391 g/mol. The summed E-state index contributed by atoms with van der Waals surface area (Å²) in [5.41, 5.74) is 2.28. The number of amides is 1. The summed E-state index contributed by atoms with van der Waals surface area (Å²) in [6.07, 6.45) is 0. The molecule has 0 aliphatic heterocycles. The number of rotatable bonds is 8. The average Bonchev–Trinajstić information content (AvgIpc) is 2.78. The minimum atomic E-state index is -0.244. The van der Waals surface area contributed by atoms with Gasteiger partial charge in [0.25, 0.3) is 5.91 Å². The molecule has 0 fully saturated rings. The van der Waals surface area contributed by atoms with Gasteiger partial charge in [-0.2, -0.15) is 0 Å². The molecule has 1 amide bonds. The van der Waals surface area contributed by atoms with Gasteiger partial charge in [-0.3, -0.25) is 4.79 Å². The van der Waals surface area contributed by atoms with Crippen molar-refractivity contribution in [2.24, 2.45) is 0 Å². The fourth-order valence-electron chi connectivity index (χ4n) is 3.07. The van der Waals surface area contributed by atoms with Gasteiger partial charge in [-0.15, -0.1) is 0 Å². The molecule has 0 heterocycles. The Kier molecular flexibility index (Phi) is 6.74. The third-order valence-corrected chi connectivity index (χ3v) is 4.65. The second-order valence-electron chi connectivity index (χ2n) is 6.56. The van der Waals surface area contributed by atoms with Gasteiger partial charge in [0.15, 0.2) is 0 Å². The van der Waals surface area contributed by atoms with Gasteiger partial charge in [-0.1, -0.05) is 36.4 Å². The van der Waals surface area contributed by atoms with Crippen molar-refractivity contribution >= 4 is 5.91 Å². The van der Waals surface area contributed by atoms with E-state index in [-0.39, 0.29) is 11.9 Å². The summed E-state index contributed by atoms with van der Waals surface area (Å²) >= 11 is 0. The average molecular weight is 391 g/mol. The second-order valence-corrected chi connectivity index (χ2v) is 6.56. The Morgan fingerprint density at radius 1 is 0.897 bits per heavy atom. The Labute approximate surface area is 171 Å². The van der Waals surface area contributed by atoms with Gasteiger partial charge in [0.05, 0.1) is 20.3 Å². The van der Waals surface area contributed by atoms with Gasteiger partial charge >= 0.3 is 0 Å². The summed E-state index contributed by atoms with van der Waals surface area (Å²) in [5.74, 6) is 1.96. The van der Waals surface area contributed by atoms with Crippen LogP contribution in [-0.2, 0) is 6.61 Å². The number of methoxy groups -OCH3 is 2. The van der Waals surface area contributed by atoms with Crippen molar-refractivity contribution in [1.82, 2.24) is 5.32 Å². The van der Waals surface area contributed by atoms with Crippen LogP contribution in [0, 0.1) is 0 Å². The summed E-state index contributed by atoms with van der Waals surface area (Å²) in [7, 11) is 3.21. The Morgan fingerprint density at radius 2 is 1.62 bits per heavy atom. The Bertz CT molecular complexity index is 956. The van der Waals surface area contributed by atoms with Gasteiger partial charge in [0.1, 0.15) is 23.9 Å². The van der Waals surface area contributed by atoms with Crippen LogP contribution in [0.3, 0.4) is 0 Å². The molecule has 150 valence electrons. The molecule has 0 aliphatic rings. The van der Waals surface area contributed by atoms with Crippen molar-refractivity contribution in [2.75, 3.05) is 14.2 Å². The number of hydrogen-bond acceptors (Lipinski definition) is 4. The molecular weight excluding hydrogens is 366 g/mol. The predicted octanol–water partition coefficient (Wildman–Crippen LogP) is 4.77. The summed E-state index contributed by atoms with van der Waals surface area (Å²) < 4.78 is 16.5. The highest BCUT2D eigenvalue weighted by atomic mass is 16.5. The van der Waals surface area contributed by atoms with Crippen LogP contribution in [0.2, 0.25) is 0 Å². The molecule has 3 rings (SSSR count). The zero-order chi connectivity index (χ0) is 20.6. The number of benzene rings is 3. The van der Waals surface area contributed by atoms with E-state index in [0.717, 1.165) is 16.9 Å². The van der Waals surface area contributed by atoms with Crippen molar-refractivity contribution < 1.29 is 19.0 Å². The highest BCUT2D eigenvalue weighted by Gasteiger charge is 2.18. The van der Waals surface area contributed by atoms with Crippen LogP contribution in [0.4, 0.5) is 0 Å². The quantitative estimate of drug-likeness (QED) is 0.601. The molecule has 1 atom stereocenters. The number of para-hydroxylation sites is 1. The van der Waals surface area contributed by atoms with E-state index in [1.807, 2.05) is 67.6 Å². The van der Waals surface area contributed by atoms with E-state index in [1.54, 1.807) is 26.4 Å². The maximum absolute atomic E-state index is 13.0. The zero-order valence-electron chi connectivity index (χ0n) is 16.8. The van der Waals surface area contributed by atoms with Crippen LogP contribution >= 0.6 is 0 Å². The summed E-state index contributed by atoms with van der Waals surface area (Å²) in [6.45, 7) is 2.24. The van der Waals surface area contributed by atoms with Gasteiger partial charge < -0.3 is 19.5 Å². The van der Waals surface area contributed by atoms with E-state index in [1.165, 1.54) is 0 Å². The SMILES string of the molecule is COc1ccc(C(C)NC(=O)c2ccccc2COc2ccccc2)c(OC)c1. The molecule has 1 N–H and O–H groups in total. The zero-order valence-corrected chi connectivity index (χ0v) is 16.8. The molecule has 3 aromatic carbocycles. The van der Waals surface area contributed by atoms with E-state index in [2.05, 4.69) is 5.32 Å². The van der Waals surface area contributed by atoms with Crippen molar-refractivity contribution in [3.8, 4) is 17.2 Å². The first-order valence-corrected chi connectivity index (χ1v) is 9.41. The minimum Gasteiger partial charge on any atom is -0.497 e. The molecule has 29 heavy (non-hydrogen) atoms. The first-order valence-electron chi connectivity index (χ1n) is 9.41. The van der Waals surface area contributed by atoms with E-state index in [9.17, 15) is 4.79 Å². The maximum Gasteiger partial charge on any atom is 0.252 e. The molecule has 3 aromatic rings. The highest BCUT2D eigenvalue weighted by molar-refractivity contribution is 5.95. The molecular formula is C24H25NO4. The first-order chi connectivity index (χ1) is 14.1. The molecule has 1 unspecified atom stereocenters. The number of hydrogen-bond donors (Lipinski definition) is 1. The fraction of sp³-hybridized carbons (Fsp3) is 0.208. The number of carbonyl (C=O) groups is 1. The normalized spacial score (nSPS) is 11.4. The third-order valence-electron chi connectivity index (χ3n) is 4.65. The van der Waals surface area contributed by atoms with E-state index >= 15 is 0 Å². The minimum absolute atomic E-state index is 0.164. The molecule has 5 nitrogen and oxygen atoms in total. The maximum atomic E-state index is 13.0. The van der Waals surface area contributed by atoms with Gasteiger partial charge in [-0.05, 0) is 37.3 Å². The standard InChI is InChI=1S/C24H25NO4/c1-17(21-14-13-20(27-2)15-23(21)28-3)25-24(26)22-12-8-7-9-18(22)16-29-19-10-5-4-6-11-19/h4-15,17H,16H2,1-3H3,(H,25,26). The smallest absolute Gasteiger partial charge is 0.252 e. The van der Waals surface area contributed by atoms with Crippen LogP contribution in [-0.4, -0.2) is 20.1 Å². The van der Waals surface area contributed by atoms with E-state index in [4.69, 9.17) is 14.2 Å². The summed E-state index contributed by atoms with van der Waals surface area (Å²) in [4.78, 5) is 13.0. The van der Waals surface area contributed by atoms with Crippen LogP contribution < -0.4 is 19.5 Å². The van der Waals surface area contributed by atoms with Crippen LogP contribution in [0.5, 0.6) is 17.2 Å². The Morgan fingerprint density at radius 3 is 2.34 bits per heavy atom. The lowest BCUT2D eigenvalue weighted by atomic mass is 10.0. The second kappa shape index (κ2) is 9.64. The van der Waals surface area contributed by atoms with E-state index in [0.29, 0.717) is 23.7 Å². The van der Waals surface area contributed by atoms with Crippen molar-refractivity contribution in [3.63, 3.8) is 0 Å². The van der Waals surface area contributed by atoms with E-state index < -0.39 is 0 Å². The Hall–Kier alpha value is -3.47. The molecule has 5 heteroatoms. The van der Waals surface area contributed by atoms with Gasteiger partial charge in [0, 0.05) is 22.8 Å².